The van der Waals surface area contributed by atoms with Crippen LogP contribution in [0.2, 0.25) is 0 Å². The van der Waals surface area contributed by atoms with Crippen LogP contribution >= 0.6 is 11.3 Å². The van der Waals surface area contributed by atoms with E-state index in [1.54, 1.807) is 16.9 Å². The van der Waals surface area contributed by atoms with Crippen molar-refractivity contribution in [3.05, 3.63) is 16.6 Å². The zero-order chi connectivity index (χ0) is 13.2. The first kappa shape index (κ1) is 13.9. The zero-order valence-electron chi connectivity index (χ0n) is 10.7. The van der Waals surface area contributed by atoms with Gasteiger partial charge in [0.15, 0.2) is 0 Å². The van der Waals surface area contributed by atoms with Gasteiger partial charge in [0, 0.05) is 25.0 Å². The second kappa shape index (κ2) is 5.64. The molecule has 18 heavy (non-hydrogen) atoms. The quantitative estimate of drug-likeness (QED) is 0.847. The van der Waals surface area contributed by atoms with Crippen LogP contribution in [-0.4, -0.2) is 41.6 Å². The van der Waals surface area contributed by atoms with E-state index in [4.69, 9.17) is 0 Å². The van der Waals surface area contributed by atoms with E-state index in [-0.39, 0.29) is 6.04 Å². The first-order valence-electron chi connectivity index (χ1n) is 6.12. The molecular weight excluding hydrogens is 270 g/mol. The van der Waals surface area contributed by atoms with Crippen LogP contribution in [0.15, 0.2) is 10.9 Å². The van der Waals surface area contributed by atoms with Crippen molar-refractivity contribution in [1.82, 2.24) is 13.6 Å². The van der Waals surface area contributed by atoms with Crippen molar-refractivity contribution in [1.29, 1.82) is 0 Å². The number of thiazole rings is 1. The number of hydrogen-bond donors (Lipinski definition) is 0. The molecule has 2 rings (SSSR count). The summed E-state index contributed by atoms with van der Waals surface area (Å²) in [6.45, 7) is 2.95. The van der Waals surface area contributed by atoms with Gasteiger partial charge in [0.05, 0.1) is 17.7 Å². The van der Waals surface area contributed by atoms with E-state index in [0.717, 1.165) is 25.0 Å². The molecule has 0 spiro atoms. The van der Waals surface area contributed by atoms with Crippen molar-refractivity contribution in [2.75, 3.05) is 13.6 Å². The third-order valence-corrected chi connectivity index (χ3v) is 5.99. The van der Waals surface area contributed by atoms with Gasteiger partial charge in [0.1, 0.15) is 0 Å². The van der Waals surface area contributed by atoms with E-state index < -0.39 is 10.2 Å². The van der Waals surface area contributed by atoms with Crippen LogP contribution in [0.3, 0.4) is 0 Å². The molecule has 1 aromatic heterocycles. The minimum Gasteiger partial charge on any atom is -0.248 e. The van der Waals surface area contributed by atoms with E-state index in [9.17, 15) is 8.42 Å². The Labute approximate surface area is 113 Å². The SMILES string of the molecule is CC1CCCCN1S(=O)(=O)N(C)Cc1cscn1. The van der Waals surface area contributed by atoms with Gasteiger partial charge in [0.25, 0.3) is 10.2 Å². The van der Waals surface area contributed by atoms with Gasteiger partial charge in [-0.15, -0.1) is 11.3 Å². The second-order valence-corrected chi connectivity index (χ2v) is 7.41. The predicted octanol–water partition coefficient (Wildman–Crippen LogP) is 1.69. The lowest BCUT2D eigenvalue weighted by Gasteiger charge is -2.34. The molecule has 0 aliphatic carbocycles. The Morgan fingerprint density at radius 1 is 1.56 bits per heavy atom. The maximum absolute atomic E-state index is 12.4. The Balaban J connectivity index is 2.09. The average molecular weight is 289 g/mol. The Morgan fingerprint density at radius 3 is 2.94 bits per heavy atom. The average Bonchev–Trinajstić information content (AvgIpc) is 2.82. The number of rotatable bonds is 4. The normalized spacial score (nSPS) is 22.5. The summed E-state index contributed by atoms with van der Waals surface area (Å²) in [5, 5.41) is 1.88. The van der Waals surface area contributed by atoms with Gasteiger partial charge in [-0.25, -0.2) is 4.98 Å². The summed E-state index contributed by atoms with van der Waals surface area (Å²) in [5.74, 6) is 0. The zero-order valence-corrected chi connectivity index (χ0v) is 12.4. The first-order chi connectivity index (χ1) is 8.51. The highest BCUT2D eigenvalue weighted by molar-refractivity contribution is 7.86. The topological polar surface area (TPSA) is 53.5 Å². The molecule has 0 bridgehead atoms. The summed E-state index contributed by atoms with van der Waals surface area (Å²) in [7, 11) is -1.73. The Hall–Kier alpha value is -0.500. The minimum absolute atomic E-state index is 0.0987. The van der Waals surface area contributed by atoms with E-state index in [1.807, 2.05) is 12.3 Å². The van der Waals surface area contributed by atoms with E-state index in [2.05, 4.69) is 4.98 Å². The van der Waals surface area contributed by atoms with Crippen molar-refractivity contribution in [2.24, 2.45) is 0 Å². The van der Waals surface area contributed by atoms with Crippen LogP contribution in [0.25, 0.3) is 0 Å². The van der Waals surface area contributed by atoms with Crippen molar-refractivity contribution >= 4 is 21.5 Å². The number of aromatic nitrogens is 1. The molecule has 0 amide bonds. The fraction of sp³-hybridized carbons (Fsp3) is 0.727. The lowest BCUT2D eigenvalue weighted by atomic mass is 10.1. The van der Waals surface area contributed by atoms with Gasteiger partial charge in [-0.2, -0.15) is 17.0 Å². The highest BCUT2D eigenvalue weighted by Crippen LogP contribution is 2.22. The monoisotopic (exact) mass is 289 g/mol. The van der Waals surface area contributed by atoms with Gasteiger partial charge >= 0.3 is 0 Å². The predicted molar refractivity (Wildman–Crippen MR) is 72.5 cm³/mol. The molecule has 1 fully saturated rings. The molecule has 2 heterocycles. The maximum atomic E-state index is 12.4. The van der Waals surface area contributed by atoms with Gasteiger partial charge in [-0.05, 0) is 19.8 Å². The summed E-state index contributed by atoms with van der Waals surface area (Å²) < 4.78 is 27.9. The third-order valence-electron chi connectivity index (χ3n) is 3.30. The van der Waals surface area contributed by atoms with Gasteiger partial charge < -0.3 is 0 Å². The fourth-order valence-corrected chi connectivity index (χ4v) is 4.34. The van der Waals surface area contributed by atoms with Crippen molar-refractivity contribution in [3.8, 4) is 0 Å². The lowest BCUT2D eigenvalue weighted by molar-refractivity contribution is 0.249. The summed E-state index contributed by atoms with van der Waals surface area (Å²) in [6.07, 6.45) is 3.01. The van der Waals surface area contributed by atoms with Crippen molar-refractivity contribution in [2.45, 2.75) is 38.8 Å². The highest BCUT2D eigenvalue weighted by Gasteiger charge is 2.32. The fourth-order valence-electron chi connectivity index (χ4n) is 2.22. The van der Waals surface area contributed by atoms with Crippen LogP contribution in [0, 0.1) is 0 Å². The number of piperidine rings is 1. The highest BCUT2D eigenvalue weighted by atomic mass is 32.2. The molecule has 0 N–H and O–H groups in total. The first-order valence-corrected chi connectivity index (χ1v) is 8.46. The Kier molecular flexibility index (Phi) is 4.37. The molecule has 1 aliphatic rings. The Morgan fingerprint density at radius 2 is 2.33 bits per heavy atom. The molecule has 0 radical (unpaired) electrons. The van der Waals surface area contributed by atoms with Gasteiger partial charge in [0.2, 0.25) is 0 Å². The minimum atomic E-state index is -3.36. The van der Waals surface area contributed by atoms with Crippen LogP contribution in [0.1, 0.15) is 31.9 Å². The molecule has 1 saturated heterocycles. The van der Waals surface area contributed by atoms with Gasteiger partial charge in [-0.3, -0.25) is 0 Å². The van der Waals surface area contributed by atoms with Crippen LogP contribution in [0.5, 0.6) is 0 Å². The molecule has 102 valence electrons. The molecule has 1 unspecified atom stereocenters. The third kappa shape index (κ3) is 2.90. The summed E-state index contributed by atoms with van der Waals surface area (Å²) >= 11 is 1.48. The van der Waals surface area contributed by atoms with E-state index in [0.29, 0.717) is 13.1 Å². The molecule has 1 aliphatic heterocycles. The van der Waals surface area contributed by atoms with Crippen LogP contribution in [0.4, 0.5) is 0 Å². The molecule has 1 aromatic rings. The van der Waals surface area contributed by atoms with E-state index >= 15 is 0 Å². The largest absolute Gasteiger partial charge is 0.282 e. The second-order valence-electron chi connectivity index (χ2n) is 4.70. The van der Waals surface area contributed by atoms with Crippen molar-refractivity contribution < 1.29 is 8.42 Å². The standard InChI is InChI=1S/C11H19N3O2S2/c1-10-5-3-4-6-14(10)18(15,16)13(2)7-11-8-17-9-12-11/h8-10H,3-7H2,1-2H3. The molecule has 0 saturated carbocycles. The van der Waals surface area contributed by atoms with E-state index in [1.165, 1.54) is 15.6 Å². The molecular formula is C11H19N3O2S2. The number of hydrogen-bond acceptors (Lipinski definition) is 4. The molecule has 5 nitrogen and oxygen atoms in total. The summed E-state index contributed by atoms with van der Waals surface area (Å²) in [6, 6.07) is 0.0987. The van der Waals surface area contributed by atoms with Crippen molar-refractivity contribution in [3.63, 3.8) is 0 Å². The lowest BCUT2D eigenvalue weighted by Crippen LogP contribution is -2.48. The summed E-state index contributed by atoms with van der Waals surface area (Å²) in [5.41, 5.74) is 2.52. The van der Waals surface area contributed by atoms with Crippen LogP contribution < -0.4 is 0 Å². The van der Waals surface area contributed by atoms with Gasteiger partial charge in [-0.1, -0.05) is 6.42 Å². The van der Waals surface area contributed by atoms with Crippen LogP contribution in [-0.2, 0) is 16.8 Å². The maximum Gasteiger partial charge on any atom is 0.282 e. The molecule has 1 atom stereocenters. The molecule has 0 aromatic carbocycles. The molecule has 7 heteroatoms. The summed E-state index contributed by atoms with van der Waals surface area (Å²) in [4.78, 5) is 4.13. The smallest absolute Gasteiger partial charge is 0.248 e. The number of nitrogens with zero attached hydrogens (tertiary/aromatic N) is 3. The Bertz CT molecular complexity index is 472.